The van der Waals surface area contributed by atoms with Gasteiger partial charge in [-0.2, -0.15) is 0 Å². The van der Waals surface area contributed by atoms with Crippen LogP contribution < -0.4 is 4.72 Å². The molecule has 0 spiro atoms. The van der Waals surface area contributed by atoms with Crippen molar-refractivity contribution in [2.24, 2.45) is 0 Å². The molecule has 0 aliphatic carbocycles. The van der Waals surface area contributed by atoms with Gasteiger partial charge in [0.05, 0.1) is 4.90 Å². The molecule has 2 aromatic rings. The number of benzene rings is 2. The van der Waals surface area contributed by atoms with Crippen LogP contribution in [-0.4, -0.2) is 14.3 Å². The summed E-state index contributed by atoms with van der Waals surface area (Å²) >= 11 is 5.79. The van der Waals surface area contributed by atoms with Crippen molar-refractivity contribution in [2.75, 3.05) is 0 Å². The van der Waals surface area contributed by atoms with Gasteiger partial charge in [0.1, 0.15) is 0 Å². The van der Waals surface area contributed by atoms with Gasteiger partial charge in [0, 0.05) is 11.4 Å². The molecule has 0 aliphatic rings. The third-order valence-corrected chi connectivity index (χ3v) is 4.97. The van der Waals surface area contributed by atoms with Crippen LogP contribution in [0.5, 0.6) is 0 Å². The average Bonchev–Trinajstić information content (AvgIpc) is 2.46. The molecular formula is C16H16ClNO3S. The summed E-state index contributed by atoms with van der Waals surface area (Å²) in [7, 11) is -3.82. The van der Waals surface area contributed by atoms with Crippen molar-refractivity contribution in [3.8, 4) is 0 Å². The maximum atomic E-state index is 12.2. The summed E-state index contributed by atoms with van der Waals surface area (Å²) in [6, 6.07) is 13.6. The molecular weight excluding hydrogens is 322 g/mol. The maximum absolute atomic E-state index is 12.2. The van der Waals surface area contributed by atoms with E-state index in [-0.39, 0.29) is 11.3 Å². The van der Waals surface area contributed by atoms with E-state index in [0.717, 1.165) is 5.56 Å². The molecule has 0 fully saturated rings. The number of aryl methyl sites for hydroxylation is 2. The van der Waals surface area contributed by atoms with Gasteiger partial charge in [-0.05, 0) is 42.7 Å². The normalized spacial score (nSPS) is 11.2. The SMILES string of the molecule is Cc1ccccc1S(=O)(=O)NC(=O)CCc1ccc(Cl)cc1. The quantitative estimate of drug-likeness (QED) is 0.911. The van der Waals surface area contributed by atoms with Crippen LogP contribution >= 0.6 is 11.6 Å². The van der Waals surface area contributed by atoms with Crippen molar-refractivity contribution >= 4 is 27.5 Å². The predicted molar refractivity (Wildman–Crippen MR) is 86.3 cm³/mol. The second-order valence-electron chi connectivity index (χ2n) is 4.92. The number of hydrogen-bond donors (Lipinski definition) is 1. The first-order chi connectivity index (χ1) is 10.4. The van der Waals surface area contributed by atoms with Crippen LogP contribution in [-0.2, 0) is 21.2 Å². The highest BCUT2D eigenvalue weighted by molar-refractivity contribution is 7.90. The van der Waals surface area contributed by atoms with Gasteiger partial charge in [0.15, 0.2) is 0 Å². The summed E-state index contributed by atoms with van der Waals surface area (Å²) < 4.78 is 26.4. The van der Waals surface area contributed by atoms with Gasteiger partial charge in [-0.15, -0.1) is 0 Å². The number of amides is 1. The lowest BCUT2D eigenvalue weighted by atomic mass is 10.1. The second-order valence-corrected chi connectivity index (χ2v) is 7.01. The molecule has 116 valence electrons. The highest BCUT2D eigenvalue weighted by atomic mass is 35.5. The Bertz CT molecular complexity index is 770. The first-order valence-corrected chi connectivity index (χ1v) is 8.60. The van der Waals surface area contributed by atoms with Crippen molar-refractivity contribution in [3.63, 3.8) is 0 Å². The van der Waals surface area contributed by atoms with E-state index in [0.29, 0.717) is 17.0 Å². The van der Waals surface area contributed by atoms with Crippen LogP contribution in [0.2, 0.25) is 5.02 Å². The minimum Gasteiger partial charge on any atom is -0.274 e. The molecule has 6 heteroatoms. The van der Waals surface area contributed by atoms with Gasteiger partial charge < -0.3 is 0 Å². The van der Waals surface area contributed by atoms with E-state index in [1.54, 1.807) is 37.3 Å². The van der Waals surface area contributed by atoms with Crippen molar-refractivity contribution in [2.45, 2.75) is 24.7 Å². The van der Waals surface area contributed by atoms with Crippen LogP contribution in [0.3, 0.4) is 0 Å². The molecule has 0 aliphatic heterocycles. The molecule has 4 nitrogen and oxygen atoms in total. The van der Waals surface area contributed by atoms with E-state index in [2.05, 4.69) is 4.72 Å². The minimum absolute atomic E-state index is 0.0900. The highest BCUT2D eigenvalue weighted by Gasteiger charge is 2.19. The predicted octanol–water partition coefficient (Wildman–Crippen LogP) is 3.09. The van der Waals surface area contributed by atoms with Crippen molar-refractivity contribution in [3.05, 3.63) is 64.7 Å². The van der Waals surface area contributed by atoms with Gasteiger partial charge >= 0.3 is 0 Å². The second kappa shape index (κ2) is 6.94. The number of nitrogens with one attached hydrogen (secondary N) is 1. The van der Waals surface area contributed by atoms with Crippen LogP contribution in [0.1, 0.15) is 17.5 Å². The van der Waals surface area contributed by atoms with Gasteiger partial charge in [-0.1, -0.05) is 41.9 Å². The lowest BCUT2D eigenvalue weighted by molar-refractivity contribution is -0.119. The smallest absolute Gasteiger partial charge is 0.264 e. The van der Waals surface area contributed by atoms with Crippen LogP contribution in [0.25, 0.3) is 0 Å². The Morgan fingerprint density at radius 2 is 1.73 bits per heavy atom. The van der Waals surface area contributed by atoms with E-state index in [1.807, 2.05) is 12.1 Å². The lowest BCUT2D eigenvalue weighted by Crippen LogP contribution is -2.31. The summed E-state index contributed by atoms with van der Waals surface area (Å²) in [6.07, 6.45) is 0.541. The van der Waals surface area contributed by atoms with Crippen LogP contribution in [0, 0.1) is 6.92 Å². The molecule has 0 saturated heterocycles. The fourth-order valence-corrected chi connectivity index (χ4v) is 3.41. The lowest BCUT2D eigenvalue weighted by Gasteiger charge is -2.09. The molecule has 2 rings (SSSR count). The van der Waals surface area contributed by atoms with Crippen molar-refractivity contribution in [1.29, 1.82) is 0 Å². The van der Waals surface area contributed by atoms with Crippen LogP contribution in [0.4, 0.5) is 0 Å². The molecule has 0 aromatic heterocycles. The average molecular weight is 338 g/mol. The Hall–Kier alpha value is -1.85. The fourth-order valence-electron chi connectivity index (χ4n) is 2.02. The fraction of sp³-hybridized carbons (Fsp3) is 0.188. The molecule has 0 unspecified atom stereocenters. The Balaban J connectivity index is 1.99. The summed E-state index contributed by atoms with van der Waals surface area (Å²) in [6.45, 7) is 1.69. The highest BCUT2D eigenvalue weighted by Crippen LogP contribution is 2.14. The zero-order valence-electron chi connectivity index (χ0n) is 12.0. The summed E-state index contributed by atoms with van der Waals surface area (Å²) in [4.78, 5) is 12.0. The van der Waals surface area contributed by atoms with Crippen LogP contribution in [0.15, 0.2) is 53.4 Å². The Labute approximate surface area is 135 Å². The third-order valence-electron chi connectivity index (χ3n) is 3.19. The number of rotatable bonds is 5. The van der Waals surface area contributed by atoms with Crippen molar-refractivity contribution in [1.82, 2.24) is 4.72 Å². The molecule has 2 aromatic carbocycles. The van der Waals surface area contributed by atoms with Gasteiger partial charge in [-0.25, -0.2) is 13.1 Å². The van der Waals surface area contributed by atoms with E-state index < -0.39 is 15.9 Å². The standard InChI is InChI=1S/C16H16ClNO3S/c1-12-4-2-3-5-15(12)22(20,21)18-16(19)11-8-13-6-9-14(17)10-7-13/h2-7,9-10H,8,11H2,1H3,(H,18,19). The van der Waals surface area contributed by atoms with E-state index in [4.69, 9.17) is 11.6 Å². The molecule has 1 amide bonds. The zero-order valence-corrected chi connectivity index (χ0v) is 13.6. The minimum atomic E-state index is -3.82. The number of carbonyl (C=O) groups is 1. The third kappa shape index (κ3) is 4.32. The monoisotopic (exact) mass is 337 g/mol. The number of hydrogen-bond acceptors (Lipinski definition) is 3. The number of carbonyl (C=O) groups excluding carboxylic acids is 1. The molecule has 0 heterocycles. The maximum Gasteiger partial charge on any atom is 0.264 e. The molecule has 22 heavy (non-hydrogen) atoms. The van der Waals surface area contributed by atoms with Gasteiger partial charge in [-0.3, -0.25) is 4.79 Å². The largest absolute Gasteiger partial charge is 0.274 e. The summed E-state index contributed by atoms with van der Waals surface area (Å²) in [5.74, 6) is -0.529. The summed E-state index contributed by atoms with van der Waals surface area (Å²) in [5, 5.41) is 0.621. The van der Waals surface area contributed by atoms with E-state index in [9.17, 15) is 13.2 Å². The molecule has 0 saturated carbocycles. The Morgan fingerprint density at radius 1 is 1.09 bits per heavy atom. The van der Waals surface area contributed by atoms with Gasteiger partial charge in [0.25, 0.3) is 10.0 Å². The topological polar surface area (TPSA) is 63.2 Å². The van der Waals surface area contributed by atoms with Crippen molar-refractivity contribution < 1.29 is 13.2 Å². The molecule has 0 bridgehead atoms. The van der Waals surface area contributed by atoms with E-state index >= 15 is 0 Å². The number of halogens is 1. The summed E-state index contributed by atoms with van der Waals surface area (Å²) in [5.41, 5.74) is 1.52. The Morgan fingerprint density at radius 3 is 2.36 bits per heavy atom. The molecule has 1 N–H and O–H groups in total. The zero-order chi connectivity index (χ0) is 16.2. The number of sulfonamides is 1. The van der Waals surface area contributed by atoms with E-state index in [1.165, 1.54) is 6.07 Å². The first-order valence-electron chi connectivity index (χ1n) is 6.74. The first kappa shape index (κ1) is 16.5. The Kier molecular flexibility index (Phi) is 5.21. The molecule has 0 radical (unpaired) electrons. The molecule has 0 atom stereocenters. The van der Waals surface area contributed by atoms with Gasteiger partial charge in [0.2, 0.25) is 5.91 Å².